The van der Waals surface area contributed by atoms with Crippen LogP contribution in [0.4, 0.5) is 0 Å². The van der Waals surface area contributed by atoms with Crippen LogP contribution in [0, 0.1) is 6.92 Å². The zero-order valence-electron chi connectivity index (χ0n) is 11.2. The molecular formula is C14H16BrN3O2. The monoisotopic (exact) mass is 337 g/mol. The Labute approximate surface area is 125 Å². The average molecular weight is 338 g/mol. The number of halogens is 1. The number of hydrogen-bond donors (Lipinski definition) is 1. The lowest BCUT2D eigenvalue weighted by Crippen LogP contribution is -2.31. The van der Waals surface area contributed by atoms with Gasteiger partial charge in [0.2, 0.25) is 5.89 Å². The van der Waals surface area contributed by atoms with E-state index >= 15 is 0 Å². The number of benzene rings is 1. The first-order valence-electron chi connectivity index (χ1n) is 6.66. The van der Waals surface area contributed by atoms with Crippen molar-refractivity contribution in [3.8, 4) is 5.75 Å². The molecule has 2 aromatic rings. The second-order valence-corrected chi connectivity index (χ2v) is 5.80. The SMILES string of the molecule is Cc1nc(CCNCC2Cc3cc(Br)ccc3O2)no1. The number of ether oxygens (including phenoxy) is 1. The van der Waals surface area contributed by atoms with Crippen LogP contribution in [0.15, 0.2) is 27.2 Å². The summed E-state index contributed by atoms with van der Waals surface area (Å²) in [6.45, 7) is 3.44. The number of aromatic nitrogens is 2. The highest BCUT2D eigenvalue weighted by molar-refractivity contribution is 9.10. The summed E-state index contributed by atoms with van der Waals surface area (Å²) in [5, 5.41) is 7.24. The van der Waals surface area contributed by atoms with Gasteiger partial charge in [-0.3, -0.25) is 0 Å². The number of nitrogens with one attached hydrogen (secondary N) is 1. The number of nitrogens with zero attached hydrogens (tertiary/aromatic N) is 2. The molecule has 0 saturated heterocycles. The van der Waals surface area contributed by atoms with Crippen molar-refractivity contribution in [2.45, 2.75) is 25.9 Å². The number of hydrogen-bond acceptors (Lipinski definition) is 5. The highest BCUT2D eigenvalue weighted by atomic mass is 79.9. The largest absolute Gasteiger partial charge is 0.488 e. The maximum atomic E-state index is 5.89. The fourth-order valence-corrected chi connectivity index (χ4v) is 2.72. The molecule has 3 rings (SSSR count). The minimum atomic E-state index is 0.200. The zero-order valence-corrected chi connectivity index (χ0v) is 12.8. The van der Waals surface area contributed by atoms with Gasteiger partial charge < -0.3 is 14.6 Å². The van der Waals surface area contributed by atoms with Crippen molar-refractivity contribution in [3.05, 3.63) is 40.0 Å². The zero-order chi connectivity index (χ0) is 13.9. The molecule has 0 spiro atoms. The molecule has 0 aliphatic carbocycles. The summed E-state index contributed by atoms with van der Waals surface area (Å²) in [5.74, 6) is 2.35. The van der Waals surface area contributed by atoms with Crippen LogP contribution < -0.4 is 10.1 Å². The molecule has 1 aliphatic heterocycles. The molecule has 6 heteroatoms. The fourth-order valence-electron chi connectivity index (χ4n) is 2.31. The average Bonchev–Trinajstić information content (AvgIpc) is 3.00. The normalized spacial score (nSPS) is 17.0. The van der Waals surface area contributed by atoms with Crippen LogP contribution in [-0.4, -0.2) is 29.3 Å². The van der Waals surface area contributed by atoms with Gasteiger partial charge in [-0.15, -0.1) is 0 Å². The van der Waals surface area contributed by atoms with Gasteiger partial charge in [-0.2, -0.15) is 4.98 Å². The molecule has 1 aliphatic rings. The second kappa shape index (κ2) is 5.93. The Kier molecular flexibility index (Phi) is 4.03. The van der Waals surface area contributed by atoms with Gasteiger partial charge in [-0.1, -0.05) is 21.1 Å². The third-order valence-electron chi connectivity index (χ3n) is 3.23. The fraction of sp³-hybridized carbons (Fsp3) is 0.429. The van der Waals surface area contributed by atoms with Crippen LogP contribution in [0.1, 0.15) is 17.3 Å². The number of rotatable bonds is 5. The van der Waals surface area contributed by atoms with E-state index in [2.05, 4.69) is 37.5 Å². The molecule has 106 valence electrons. The van der Waals surface area contributed by atoms with Crippen molar-refractivity contribution in [1.82, 2.24) is 15.5 Å². The van der Waals surface area contributed by atoms with Gasteiger partial charge in [0.25, 0.3) is 0 Å². The van der Waals surface area contributed by atoms with Crippen molar-refractivity contribution in [1.29, 1.82) is 0 Å². The molecule has 0 amide bonds. The van der Waals surface area contributed by atoms with Crippen LogP contribution in [0.25, 0.3) is 0 Å². The van der Waals surface area contributed by atoms with Crippen molar-refractivity contribution in [2.75, 3.05) is 13.1 Å². The summed E-state index contributed by atoms with van der Waals surface area (Å²) in [7, 11) is 0. The number of fused-ring (bicyclic) bond motifs is 1. The molecule has 1 atom stereocenters. The van der Waals surface area contributed by atoms with Crippen molar-refractivity contribution < 1.29 is 9.26 Å². The summed E-state index contributed by atoms with van der Waals surface area (Å²) in [5.41, 5.74) is 1.26. The molecule has 1 aromatic heterocycles. The first kappa shape index (κ1) is 13.6. The molecule has 1 unspecified atom stereocenters. The van der Waals surface area contributed by atoms with E-state index in [0.717, 1.165) is 42.0 Å². The lowest BCUT2D eigenvalue weighted by Gasteiger charge is -2.11. The van der Waals surface area contributed by atoms with E-state index in [4.69, 9.17) is 9.26 Å². The first-order valence-corrected chi connectivity index (χ1v) is 7.45. The summed E-state index contributed by atoms with van der Waals surface area (Å²) in [6.07, 6.45) is 1.91. The molecule has 5 nitrogen and oxygen atoms in total. The molecule has 0 fully saturated rings. The van der Waals surface area contributed by atoms with Crippen LogP contribution in [0.2, 0.25) is 0 Å². The van der Waals surface area contributed by atoms with Crippen LogP contribution >= 0.6 is 15.9 Å². The molecule has 0 saturated carbocycles. The Hall–Kier alpha value is -1.40. The smallest absolute Gasteiger partial charge is 0.223 e. The lowest BCUT2D eigenvalue weighted by molar-refractivity contribution is 0.228. The Balaban J connectivity index is 1.42. The highest BCUT2D eigenvalue weighted by Crippen LogP contribution is 2.30. The summed E-state index contributed by atoms with van der Waals surface area (Å²) in [4.78, 5) is 4.17. The predicted octanol–water partition coefficient (Wildman–Crippen LogP) is 2.28. The summed E-state index contributed by atoms with van der Waals surface area (Å²) in [6, 6.07) is 6.14. The second-order valence-electron chi connectivity index (χ2n) is 4.88. The van der Waals surface area contributed by atoms with Gasteiger partial charge in [0.05, 0.1) is 0 Å². The van der Waals surface area contributed by atoms with Gasteiger partial charge >= 0.3 is 0 Å². The van der Waals surface area contributed by atoms with E-state index in [1.54, 1.807) is 6.92 Å². The minimum Gasteiger partial charge on any atom is -0.488 e. The molecule has 20 heavy (non-hydrogen) atoms. The Morgan fingerprint density at radius 2 is 2.35 bits per heavy atom. The topological polar surface area (TPSA) is 60.2 Å². The van der Waals surface area contributed by atoms with E-state index in [0.29, 0.717) is 5.89 Å². The maximum absolute atomic E-state index is 5.89. The van der Waals surface area contributed by atoms with Crippen LogP contribution in [0.5, 0.6) is 5.75 Å². The van der Waals surface area contributed by atoms with E-state index < -0.39 is 0 Å². The van der Waals surface area contributed by atoms with Crippen LogP contribution in [-0.2, 0) is 12.8 Å². The Morgan fingerprint density at radius 1 is 1.45 bits per heavy atom. The standard InChI is InChI=1S/C14H16BrN3O2/c1-9-17-14(18-20-9)4-5-16-8-12-7-10-6-11(15)2-3-13(10)19-12/h2-3,6,12,16H,4-5,7-8H2,1H3. The lowest BCUT2D eigenvalue weighted by atomic mass is 10.1. The van der Waals surface area contributed by atoms with E-state index in [1.165, 1.54) is 5.56 Å². The van der Waals surface area contributed by atoms with Crippen LogP contribution in [0.3, 0.4) is 0 Å². The van der Waals surface area contributed by atoms with Gasteiger partial charge in [0, 0.05) is 37.3 Å². The molecular weight excluding hydrogens is 322 g/mol. The molecule has 1 aromatic carbocycles. The quantitative estimate of drug-likeness (QED) is 0.848. The molecule has 2 heterocycles. The van der Waals surface area contributed by atoms with Crippen molar-refractivity contribution >= 4 is 15.9 Å². The third kappa shape index (κ3) is 3.19. The summed E-state index contributed by atoms with van der Waals surface area (Å²) >= 11 is 3.48. The van der Waals surface area contributed by atoms with Crippen molar-refractivity contribution in [2.24, 2.45) is 0 Å². The molecule has 0 radical (unpaired) electrons. The molecule has 1 N–H and O–H groups in total. The van der Waals surface area contributed by atoms with Gasteiger partial charge in [-0.05, 0) is 23.8 Å². The predicted molar refractivity (Wildman–Crippen MR) is 77.9 cm³/mol. The van der Waals surface area contributed by atoms with E-state index in [9.17, 15) is 0 Å². The first-order chi connectivity index (χ1) is 9.70. The molecule has 0 bridgehead atoms. The summed E-state index contributed by atoms with van der Waals surface area (Å²) < 4.78 is 11.9. The van der Waals surface area contributed by atoms with E-state index in [-0.39, 0.29) is 6.10 Å². The Bertz CT molecular complexity index is 600. The highest BCUT2D eigenvalue weighted by Gasteiger charge is 2.22. The van der Waals surface area contributed by atoms with Gasteiger partial charge in [0.1, 0.15) is 11.9 Å². The number of aryl methyl sites for hydroxylation is 1. The maximum Gasteiger partial charge on any atom is 0.223 e. The van der Waals surface area contributed by atoms with Gasteiger partial charge in [-0.25, -0.2) is 0 Å². The third-order valence-corrected chi connectivity index (χ3v) is 3.72. The minimum absolute atomic E-state index is 0.200. The Morgan fingerprint density at radius 3 is 3.15 bits per heavy atom. The van der Waals surface area contributed by atoms with Gasteiger partial charge in [0.15, 0.2) is 5.82 Å². The van der Waals surface area contributed by atoms with E-state index in [1.807, 2.05) is 12.1 Å². The van der Waals surface area contributed by atoms with Crippen molar-refractivity contribution in [3.63, 3.8) is 0 Å².